The number of halogens is 1. The van der Waals surface area contributed by atoms with Gasteiger partial charge in [0.2, 0.25) is 0 Å². The second-order valence-electron chi connectivity index (χ2n) is 4.54. The van der Waals surface area contributed by atoms with Gasteiger partial charge in [0.05, 0.1) is 6.61 Å². The third kappa shape index (κ3) is 2.93. The van der Waals surface area contributed by atoms with Crippen molar-refractivity contribution < 1.29 is 14.2 Å². The van der Waals surface area contributed by atoms with Gasteiger partial charge in [-0.2, -0.15) is 0 Å². The second-order valence-corrected chi connectivity index (χ2v) is 4.54. The Kier molecular flexibility index (Phi) is 3.86. The van der Waals surface area contributed by atoms with Gasteiger partial charge in [-0.05, 0) is 49.2 Å². The van der Waals surface area contributed by atoms with E-state index in [1.807, 2.05) is 25.1 Å². The number of rotatable bonds is 4. The van der Waals surface area contributed by atoms with E-state index in [4.69, 9.17) is 4.74 Å². The number of benzene rings is 2. The van der Waals surface area contributed by atoms with Gasteiger partial charge in [-0.15, -0.1) is 0 Å². The molecule has 0 amide bonds. The molecule has 0 bridgehead atoms. The third-order valence-corrected chi connectivity index (χ3v) is 3.11. The molecule has 19 heavy (non-hydrogen) atoms. The predicted octanol–water partition coefficient (Wildman–Crippen LogP) is 3.48. The fourth-order valence-corrected chi connectivity index (χ4v) is 2.00. The van der Waals surface area contributed by atoms with Crippen LogP contribution < -0.4 is 4.74 Å². The Morgan fingerprint density at radius 2 is 1.79 bits per heavy atom. The van der Waals surface area contributed by atoms with Gasteiger partial charge in [0, 0.05) is 0 Å². The second kappa shape index (κ2) is 5.41. The molecule has 0 aliphatic carbocycles. The first-order chi connectivity index (χ1) is 9.04. The third-order valence-electron chi connectivity index (χ3n) is 3.11. The largest absolute Gasteiger partial charge is 0.494 e. The monoisotopic (exact) mass is 260 g/mol. The minimum absolute atomic E-state index is 0.317. The quantitative estimate of drug-likeness (QED) is 0.912. The Labute approximate surface area is 112 Å². The van der Waals surface area contributed by atoms with Crippen LogP contribution >= 0.6 is 0 Å². The number of hydrogen-bond donors (Lipinski definition) is 1. The molecule has 0 aromatic heterocycles. The van der Waals surface area contributed by atoms with Crippen molar-refractivity contribution in [3.8, 4) is 5.75 Å². The van der Waals surface area contributed by atoms with Crippen LogP contribution in [0.15, 0.2) is 48.5 Å². The lowest BCUT2D eigenvalue weighted by Crippen LogP contribution is -2.22. The summed E-state index contributed by atoms with van der Waals surface area (Å²) in [7, 11) is 0. The summed E-state index contributed by atoms with van der Waals surface area (Å²) in [5.41, 5.74) is 0.175. The van der Waals surface area contributed by atoms with Gasteiger partial charge in [-0.25, -0.2) is 4.39 Å². The van der Waals surface area contributed by atoms with Crippen LogP contribution in [-0.2, 0) is 5.60 Å². The molecule has 2 nitrogen and oxygen atoms in total. The summed E-state index contributed by atoms with van der Waals surface area (Å²) in [5.74, 6) is 0.394. The highest BCUT2D eigenvalue weighted by Crippen LogP contribution is 2.31. The summed E-state index contributed by atoms with van der Waals surface area (Å²) in [6.07, 6.45) is 0. The molecule has 100 valence electrons. The minimum atomic E-state index is -1.18. The van der Waals surface area contributed by atoms with Crippen LogP contribution in [0, 0.1) is 5.82 Å². The Morgan fingerprint density at radius 1 is 1.11 bits per heavy atom. The maximum Gasteiger partial charge on any atom is 0.123 e. The van der Waals surface area contributed by atoms with E-state index in [1.54, 1.807) is 25.1 Å². The Hall–Kier alpha value is -1.87. The van der Waals surface area contributed by atoms with Crippen LogP contribution in [-0.4, -0.2) is 11.7 Å². The maximum atomic E-state index is 12.9. The van der Waals surface area contributed by atoms with Gasteiger partial charge in [0.25, 0.3) is 0 Å². The van der Waals surface area contributed by atoms with Crippen molar-refractivity contribution in [2.45, 2.75) is 19.4 Å². The van der Waals surface area contributed by atoms with E-state index in [0.717, 1.165) is 0 Å². The minimum Gasteiger partial charge on any atom is -0.494 e. The molecule has 2 rings (SSSR count). The first-order valence-corrected chi connectivity index (χ1v) is 6.26. The molecule has 0 saturated heterocycles. The number of ether oxygens (including phenoxy) is 1. The van der Waals surface area contributed by atoms with Gasteiger partial charge in [0.15, 0.2) is 0 Å². The molecule has 0 radical (unpaired) electrons. The summed E-state index contributed by atoms with van der Waals surface area (Å²) in [6.45, 7) is 4.16. The van der Waals surface area contributed by atoms with Gasteiger partial charge in [0.1, 0.15) is 17.2 Å². The molecular weight excluding hydrogens is 243 g/mol. The molecule has 0 fully saturated rings. The van der Waals surface area contributed by atoms with E-state index in [1.165, 1.54) is 12.1 Å². The summed E-state index contributed by atoms with van der Waals surface area (Å²) in [5, 5.41) is 10.7. The zero-order chi connectivity index (χ0) is 13.9. The van der Waals surface area contributed by atoms with Crippen molar-refractivity contribution in [2.24, 2.45) is 0 Å². The number of hydrogen-bond acceptors (Lipinski definition) is 2. The van der Waals surface area contributed by atoms with Crippen molar-refractivity contribution in [1.82, 2.24) is 0 Å². The van der Waals surface area contributed by atoms with Crippen LogP contribution in [0.2, 0.25) is 0 Å². The summed E-state index contributed by atoms with van der Waals surface area (Å²) in [6, 6.07) is 13.2. The van der Waals surface area contributed by atoms with E-state index in [0.29, 0.717) is 23.5 Å². The molecule has 1 atom stereocenters. The first-order valence-electron chi connectivity index (χ1n) is 6.26. The van der Waals surface area contributed by atoms with Gasteiger partial charge < -0.3 is 9.84 Å². The van der Waals surface area contributed by atoms with Crippen LogP contribution in [0.5, 0.6) is 5.75 Å². The molecule has 0 aliphatic rings. The van der Waals surface area contributed by atoms with Crippen molar-refractivity contribution >= 4 is 0 Å². The molecule has 0 aliphatic heterocycles. The highest BCUT2D eigenvalue weighted by Gasteiger charge is 2.25. The standard InChI is InChI=1S/C16H17FO2/c1-3-19-15-6-4-5-13(11-15)16(2,18)12-7-9-14(17)10-8-12/h4-11,18H,3H2,1-2H3. The normalized spacial score (nSPS) is 13.9. The van der Waals surface area contributed by atoms with Crippen molar-refractivity contribution in [2.75, 3.05) is 6.61 Å². The summed E-state index contributed by atoms with van der Waals surface area (Å²) in [4.78, 5) is 0. The van der Waals surface area contributed by atoms with Crippen LogP contribution in [0.25, 0.3) is 0 Å². The zero-order valence-corrected chi connectivity index (χ0v) is 11.1. The van der Waals surface area contributed by atoms with Crippen LogP contribution in [0.1, 0.15) is 25.0 Å². The molecule has 0 spiro atoms. The summed E-state index contributed by atoms with van der Waals surface area (Å²) < 4.78 is 18.4. The van der Waals surface area contributed by atoms with Crippen LogP contribution in [0.4, 0.5) is 4.39 Å². The predicted molar refractivity (Wildman–Crippen MR) is 72.7 cm³/mol. The first kappa shape index (κ1) is 13.6. The average Bonchev–Trinajstić information content (AvgIpc) is 2.40. The van der Waals surface area contributed by atoms with Gasteiger partial charge in [-0.1, -0.05) is 24.3 Å². The summed E-state index contributed by atoms with van der Waals surface area (Å²) >= 11 is 0. The fraction of sp³-hybridized carbons (Fsp3) is 0.250. The van der Waals surface area contributed by atoms with Crippen molar-refractivity contribution in [3.63, 3.8) is 0 Å². The molecular formula is C16H17FO2. The topological polar surface area (TPSA) is 29.5 Å². The lowest BCUT2D eigenvalue weighted by molar-refractivity contribution is 0.102. The van der Waals surface area contributed by atoms with E-state index in [9.17, 15) is 9.50 Å². The highest BCUT2D eigenvalue weighted by atomic mass is 19.1. The van der Waals surface area contributed by atoms with E-state index >= 15 is 0 Å². The highest BCUT2D eigenvalue weighted by molar-refractivity contribution is 5.39. The molecule has 2 aromatic carbocycles. The molecule has 0 heterocycles. The smallest absolute Gasteiger partial charge is 0.123 e. The molecule has 1 unspecified atom stereocenters. The molecule has 1 N–H and O–H groups in total. The van der Waals surface area contributed by atoms with E-state index in [-0.39, 0.29) is 5.82 Å². The van der Waals surface area contributed by atoms with E-state index < -0.39 is 5.60 Å². The lowest BCUT2D eigenvalue weighted by Gasteiger charge is -2.25. The van der Waals surface area contributed by atoms with Crippen molar-refractivity contribution in [3.05, 3.63) is 65.5 Å². The maximum absolute atomic E-state index is 12.9. The Bertz CT molecular complexity index is 547. The average molecular weight is 260 g/mol. The SMILES string of the molecule is CCOc1cccc(C(C)(O)c2ccc(F)cc2)c1. The molecule has 2 aromatic rings. The van der Waals surface area contributed by atoms with Gasteiger partial charge in [-0.3, -0.25) is 0 Å². The lowest BCUT2D eigenvalue weighted by atomic mass is 9.88. The molecule has 3 heteroatoms. The Morgan fingerprint density at radius 3 is 2.42 bits per heavy atom. The van der Waals surface area contributed by atoms with Crippen LogP contribution in [0.3, 0.4) is 0 Å². The van der Waals surface area contributed by atoms with E-state index in [2.05, 4.69) is 0 Å². The van der Waals surface area contributed by atoms with Crippen molar-refractivity contribution in [1.29, 1.82) is 0 Å². The number of aliphatic hydroxyl groups is 1. The fourth-order valence-electron chi connectivity index (χ4n) is 2.00. The zero-order valence-electron chi connectivity index (χ0n) is 11.1. The van der Waals surface area contributed by atoms with Gasteiger partial charge >= 0.3 is 0 Å². The Balaban J connectivity index is 2.37. The molecule has 0 saturated carbocycles.